The molecule has 43 heavy (non-hydrogen) atoms. The summed E-state index contributed by atoms with van der Waals surface area (Å²) in [6, 6.07) is 11.6. The quantitative estimate of drug-likeness (QED) is 0.156. The molecule has 0 saturated heterocycles. The Bertz CT molecular complexity index is 1760. The summed E-state index contributed by atoms with van der Waals surface area (Å²) in [5.41, 5.74) is 0.288. The highest BCUT2D eigenvalue weighted by atomic mass is 16.5. The largest absolute Gasteiger partial charge is 0.508 e. The van der Waals surface area contributed by atoms with Gasteiger partial charge in [0.15, 0.2) is 35.2 Å². The van der Waals surface area contributed by atoms with E-state index in [2.05, 4.69) is 0 Å². The molecule has 2 heterocycles. The number of phenolic OH excluding ortho intramolecular Hbond substituents is 7. The number of hydrogen-bond acceptors (Lipinski definition) is 11. The van der Waals surface area contributed by atoms with Gasteiger partial charge in [-0.2, -0.15) is 0 Å². The molecule has 2 aliphatic rings. The normalized spacial score (nSPS) is 24.4. The SMILES string of the molecule is Cc1cc(O)c([C@@H]2c3c(O)cc(O)cc3O[C@H](c3ccc(O)c(O)c3)[C@@H]2O)c2c1C[C@@](C)(O)[C@H](c1ccc(O)c(O)c1)O2. The minimum absolute atomic E-state index is 0.0121. The van der Waals surface area contributed by atoms with E-state index in [4.69, 9.17) is 9.47 Å². The fourth-order valence-corrected chi connectivity index (χ4v) is 6.17. The minimum atomic E-state index is -1.52. The van der Waals surface area contributed by atoms with Crippen LogP contribution in [0.5, 0.6) is 51.7 Å². The van der Waals surface area contributed by atoms with Crippen LogP contribution in [0.4, 0.5) is 0 Å². The molecule has 0 saturated carbocycles. The third-order valence-electron chi connectivity index (χ3n) is 8.22. The van der Waals surface area contributed by atoms with Gasteiger partial charge in [-0.05, 0) is 60.9 Å². The number of benzene rings is 4. The summed E-state index contributed by atoms with van der Waals surface area (Å²) in [6.45, 7) is 3.28. The van der Waals surface area contributed by atoms with Gasteiger partial charge in [-0.1, -0.05) is 12.1 Å². The second-order valence-electron chi connectivity index (χ2n) is 11.3. The van der Waals surface area contributed by atoms with Crippen molar-refractivity contribution in [2.24, 2.45) is 0 Å². The van der Waals surface area contributed by atoms with Gasteiger partial charge in [0.2, 0.25) is 0 Å². The van der Waals surface area contributed by atoms with Crippen molar-refractivity contribution in [3.8, 4) is 51.7 Å². The van der Waals surface area contributed by atoms with Crippen molar-refractivity contribution in [2.45, 2.75) is 50.1 Å². The standard InChI is InChI=1S/C32H30O11/c1-13-7-22(38)26(30-17(13)12-32(2,41)31(43-30)15-4-6-19(35)21(37)9-15)27-25-23(39)10-16(33)11-24(25)42-29(28(27)40)14-3-5-18(34)20(36)8-14/h3-11,27-29,31,33-41H,12H2,1-2H3/t27-,28+,29+,31-,32+/m0/s1. The Morgan fingerprint density at radius 3 is 1.95 bits per heavy atom. The summed E-state index contributed by atoms with van der Waals surface area (Å²) in [7, 11) is 0. The predicted octanol–water partition coefficient (Wildman–Crippen LogP) is 3.99. The first kappa shape index (κ1) is 28.1. The lowest BCUT2D eigenvalue weighted by Gasteiger charge is -2.43. The molecule has 4 aromatic carbocycles. The average molecular weight is 591 g/mol. The van der Waals surface area contributed by atoms with Crippen LogP contribution in [0.2, 0.25) is 0 Å². The van der Waals surface area contributed by atoms with Crippen molar-refractivity contribution in [1.29, 1.82) is 0 Å². The Morgan fingerprint density at radius 1 is 0.698 bits per heavy atom. The molecule has 0 aliphatic carbocycles. The Balaban J connectivity index is 1.57. The van der Waals surface area contributed by atoms with Crippen molar-refractivity contribution in [3.05, 3.63) is 88.0 Å². The van der Waals surface area contributed by atoms with Gasteiger partial charge in [0.1, 0.15) is 40.5 Å². The molecule has 4 aromatic rings. The van der Waals surface area contributed by atoms with E-state index in [9.17, 15) is 46.0 Å². The van der Waals surface area contributed by atoms with Crippen LogP contribution in [0, 0.1) is 6.92 Å². The number of phenols is 7. The number of fused-ring (bicyclic) bond motifs is 2. The number of aliphatic hydroxyl groups is 2. The van der Waals surface area contributed by atoms with Crippen molar-refractivity contribution in [1.82, 2.24) is 0 Å². The highest BCUT2D eigenvalue weighted by Crippen LogP contribution is 2.57. The molecular weight excluding hydrogens is 560 g/mol. The number of aromatic hydroxyl groups is 7. The third kappa shape index (κ3) is 4.53. The van der Waals surface area contributed by atoms with Gasteiger partial charge in [-0.3, -0.25) is 0 Å². The van der Waals surface area contributed by atoms with E-state index in [0.29, 0.717) is 16.7 Å². The molecule has 9 N–H and O–H groups in total. The maximum absolute atomic E-state index is 11.9. The second-order valence-corrected chi connectivity index (χ2v) is 11.3. The van der Waals surface area contributed by atoms with Gasteiger partial charge in [0.25, 0.3) is 0 Å². The van der Waals surface area contributed by atoms with Crippen molar-refractivity contribution in [2.75, 3.05) is 0 Å². The molecule has 11 nitrogen and oxygen atoms in total. The molecule has 0 amide bonds. The predicted molar refractivity (Wildman–Crippen MR) is 151 cm³/mol. The van der Waals surface area contributed by atoms with Crippen LogP contribution in [-0.4, -0.2) is 57.7 Å². The lowest BCUT2D eigenvalue weighted by molar-refractivity contribution is -0.0640. The zero-order valence-corrected chi connectivity index (χ0v) is 23.1. The summed E-state index contributed by atoms with van der Waals surface area (Å²) >= 11 is 0. The molecule has 2 aliphatic heterocycles. The first-order valence-electron chi connectivity index (χ1n) is 13.5. The van der Waals surface area contributed by atoms with E-state index >= 15 is 0 Å². The number of aryl methyl sites for hydroxylation is 1. The molecule has 5 atom stereocenters. The summed E-state index contributed by atoms with van der Waals surface area (Å²) in [5.74, 6) is -3.79. The van der Waals surface area contributed by atoms with Crippen LogP contribution < -0.4 is 9.47 Å². The van der Waals surface area contributed by atoms with E-state index in [1.807, 2.05) is 0 Å². The molecule has 6 rings (SSSR count). The molecule has 224 valence electrons. The number of rotatable bonds is 3. The van der Waals surface area contributed by atoms with Gasteiger partial charge in [-0.15, -0.1) is 0 Å². The Kier molecular flexibility index (Phi) is 6.40. The average Bonchev–Trinajstić information content (AvgIpc) is 2.92. The molecule has 0 fully saturated rings. The highest BCUT2D eigenvalue weighted by molar-refractivity contribution is 5.65. The lowest BCUT2D eigenvalue weighted by atomic mass is 9.75. The smallest absolute Gasteiger partial charge is 0.157 e. The van der Waals surface area contributed by atoms with E-state index in [-0.39, 0.29) is 51.9 Å². The maximum Gasteiger partial charge on any atom is 0.157 e. The van der Waals surface area contributed by atoms with Gasteiger partial charge >= 0.3 is 0 Å². The Labute approximate surface area is 245 Å². The van der Waals surface area contributed by atoms with Crippen LogP contribution in [0.3, 0.4) is 0 Å². The van der Waals surface area contributed by atoms with Crippen LogP contribution in [0.1, 0.15) is 58.4 Å². The highest BCUT2D eigenvalue weighted by Gasteiger charge is 2.48. The molecular formula is C32H30O11. The number of aliphatic hydroxyl groups excluding tert-OH is 1. The molecule has 0 unspecified atom stereocenters. The second kappa shape index (κ2) is 9.79. The first-order valence-corrected chi connectivity index (χ1v) is 13.5. The Hall–Kier alpha value is -5.00. The van der Waals surface area contributed by atoms with Crippen LogP contribution >= 0.6 is 0 Å². The summed E-state index contributed by atoms with van der Waals surface area (Å²) in [5, 5.41) is 96.0. The first-order chi connectivity index (χ1) is 20.3. The third-order valence-corrected chi connectivity index (χ3v) is 8.22. The van der Waals surface area contributed by atoms with Crippen molar-refractivity contribution >= 4 is 0 Å². The van der Waals surface area contributed by atoms with Crippen LogP contribution in [-0.2, 0) is 6.42 Å². The molecule has 0 radical (unpaired) electrons. The van der Waals surface area contributed by atoms with E-state index in [1.165, 1.54) is 48.5 Å². The lowest BCUT2D eigenvalue weighted by Crippen LogP contribution is -2.43. The Morgan fingerprint density at radius 2 is 1.30 bits per heavy atom. The van der Waals surface area contributed by atoms with Crippen molar-refractivity contribution in [3.63, 3.8) is 0 Å². The molecule has 0 aromatic heterocycles. The zero-order valence-electron chi connectivity index (χ0n) is 23.1. The minimum Gasteiger partial charge on any atom is -0.508 e. The van der Waals surface area contributed by atoms with Crippen LogP contribution in [0.25, 0.3) is 0 Å². The molecule has 0 bridgehead atoms. The van der Waals surface area contributed by atoms with Gasteiger partial charge in [0, 0.05) is 35.2 Å². The molecule has 11 heteroatoms. The van der Waals surface area contributed by atoms with Gasteiger partial charge in [-0.25, -0.2) is 0 Å². The zero-order chi connectivity index (χ0) is 31.0. The maximum atomic E-state index is 11.9. The fraction of sp³-hybridized carbons (Fsp3) is 0.250. The number of ether oxygens (including phenoxy) is 2. The summed E-state index contributed by atoms with van der Waals surface area (Å²) in [4.78, 5) is 0. The fourth-order valence-electron chi connectivity index (χ4n) is 6.17. The van der Waals surface area contributed by atoms with E-state index < -0.39 is 52.8 Å². The summed E-state index contributed by atoms with van der Waals surface area (Å²) < 4.78 is 12.4. The number of hydrogen-bond donors (Lipinski definition) is 9. The molecule has 0 spiro atoms. The van der Waals surface area contributed by atoms with Gasteiger partial charge in [0.05, 0.1) is 5.92 Å². The monoisotopic (exact) mass is 590 g/mol. The van der Waals surface area contributed by atoms with E-state index in [0.717, 1.165) is 6.07 Å². The van der Waals surface area contributed by atoms with Crippen molar-refractivity contribution < 1.29 is 55.4 Å². The van der Waals surface area contributed by atoms with Gasteiger partial charge < -0.3 is 55.4 Å². The van der Waals surface area contributed by atoms with Crippen LogP contribution in [0.15, 0.2) is 54.6 Å². The summed E-state index contributed by atoms with van der Waals surface area (Å²) in [6.07, 6.45) is -3.79. The topological polar surface area (TPSA) is 201 Å². The van der Waals surface area contributed by atoms with E-state index in [1.54, 1.807) is 13.8 Å².